The van der Waals surface area contributed by atoms with E-state index in [9.17, 15) is 22.8 Å². The molecule has 1 amide bonds. The predicted octanol–water partition coefficient (Wildman–Crippen LogP) is 5.98. The number of nitrogens with zero attached hydrogens (tertiary/aromatic N) is 2. The lowest BCUT2D eigenvalue weighted by Crippen LogP contribution is -2.44. The van der Waals surface area contributed by atoms with Gasteiger partial charge in [0.2, 0.25) is 0 Å². The molecule has 0 aliphatic carbocycles. The first-order chi connectivity index (χ1) is 20.0. The number of nitrogens with one attached hydrogen (secondary N) is 2. The van der Waals surface area contributed by atoms with Crippen molar-refractivity contribution < 1.29 is 22.8 Å². The summed E-state index contributed by atoms with van der Waals surface area (Å²) in [6.07, 6.45) is 5.18. The summed E-state index contributed by atoms with van der Waals surface area (Å²) in [4.78, 5) is 28.8. The van der Waals surface area contributed by atoms with Crippen molar-refractivity contribution in [1.82, 2.24) is 15.1 Å². The summed E-state index contributed by atoms with van der Waals surface area (Å²) < 4.78 is 42.1. The van der Waals surface area contributed by atoms with E-state index in [-0.39, 0.29) is 29.6 Å². The van der Waals surface area contributed by atoms with Gasteiger partial charge in [-0.2, -0.15) is 13.2 Å². The Labute approximate surface area is 246 Å². The molecule has 0 bridgehead atoms. The lowest BCUT2D eigenvalue weighted by molar-refractivity contribution is -0.138. The number of alkyl halides is 3. The van der Waals surface area contributed by atoms with Crippen molar-refractivity contribution in [3.63, 3.8) is 0 Å². The smallest absolute Gasteiger partial charge is 0.384 e. The number of amides is 1. The maximum absolute atomic E-state index is 14.0. The highest BCUT2D eigenvalue weighted by Crippen LogP contribution is 2.35. The Bertz CT molecular complexity index is 1330. The van der Waals surface area contributed by atoms with Crippen LogP contribution in [0.15, 0.2) is 60.3 Å². The number of benzene rings is 2. The van der Waals surface area contributed by atoms with Crippen molar-refractivity contribution in [2.75, 3.05) is 38.5 Å². The van der Waals surface area contributed by atoms with Crippen LogP contribution in [0.1, 0.15) is 65.7 Å². The number of carbonyl (C=O) groups excluding carboxylic acids is 2. The van der Waals surface area contributed by atoms with Crippen molar-refractivity contribution in [2.24, 2.45) is 0 Å². The van der Waals surface area contributed by atoms with Crippen LogP contribution in [0, 0.1) is 0 Å². The van der Waals surface area contributed by atoms with E-state index < -0.39 is 17.6 Å². The number of piperazine rings is 1. The molecule has 0 spiro atoms. The lowest BCUT2D eigenvalue weighted by atomic mass is 9.94. The third-order valence-corrected chi connectivity index (χ3v) is 7.87. The van der Waals surface area contributed by atoms with E-state index in [0.717, 1.165) is 55.1 Å². The van der Waals surface area contributed by atoms with Gasteiger partial charge in [0.1, 0.15) is 5.78 Å². The molecule has 9 heteroatoms. The topological polar surface area (TPSA) is 64.7 Å². The lowest BCUT2D eigenvalue weighted by Gasteiger charge is -2.33. The molecule has 42 heavy (non-hydrogen) atoms. The SMILES string of the molecule is CCCc1ccc(C(=O)Nc2ccc(CN3CCN(C)CC3)c(C(F)(F)F)c2)cc1CCC1=CNC(CC(C)=O)C=C1. The molecule has 0 radical (unpaired) electrons. The minimum atomic E-state index is -4.53. The van der Waals surface area contributed by atoms with Crippen LogP contribution in [0.2, 0.25) is 0 Å². The number of rotatable bonds is 11. The molecule has 2 aliphatic heterocycles. The Morgan fingerprint density at radius 1 is 0.976 bits per heavy atom. The average Bonchev–Trinajstić information content (AvgIpc) is 2.94. The van der Waals surface area contributed by atoms with E-state index in [1.54, 1.807) is 19.1 Å². The van der Waals surface area contributed by atoms with Gasteiger partial charge in [0, 0.05) is 56.6 Å². The molecule has 1 atom stereocenters. The number of carbonyl (C=O) groups is 2. The monoisotopic (exact) mass is 582 g/mol. The average molecular weight is 583 g/mol. The summed E-state index contributed by atoms with van der Waals surface area (Å²) in [6.45, 7) is 6.97. The van der Waals surface area contributed by atoms with E-state index in [4.69, 9.17) is 0 Å². The van der Waals surface area contributed by atoms with Gasteiger partial charge in [0.05, 0.1) is 11.6 Å². The van der Waals surface area contributed by atoms with Crippen LogP contribution in [0.25, 0.3) is 0 Å². The first-order valence-corrected chi connectivity index (χ1v) is 14.7. The van der Waals surface area contributed by atoms with Crippen LogP contribution in [-0.2, 0) is 30.4 Å². The summed E-state index contributed by atoms with van der Waals surface area (Å²) in [7, 11) is 2.01. The van der Waals surface area contributed by atoms with E-state index in [2.05, 4.69) is 22.5 Å². The van der Waals surface area contributed by atoms with Crippen molar-refractivity contribution in [2.45, 2.75) is 64.7 Å². The molecule has 0 saturated carbocycles. The van der Waals surface area contributed by atoms with Crippen LogP contribution in [-0.4, -0.2) is 60.8 Å². The van der Waals surface area contributed by atoms with Gasteiger partial charge in [-0.3, -0.25) is 14.5 Å². The Hall–Kier alpha value is -3.43. The molecule has 2 N–H and O–H groups in total. The molecule has 1 fully saturated rings. The highest BCUT2D eigenvalue weighted by Gasteiger charge is 2.34. The zero-order valence-corrected chi connectivity index (χ0v) is 24.7. The Morgan fingerprint density at radius 3 is 2.36 bits per heavy atom. The number of hydrogen-bond donors (Lipinski definition) is 2. The highest BCUT2D eigenvalue weighted by atomic mass is 19.4. The predicted molar refractivity (Wildman–Crippen MR) is 160 cm³/mol. The molecular weight excluding hydrogens is 541 g/mol. The third-order valence-electron chi connectivity index (χ3n) is 7.87. The van der Waals surface area contributed by atoms with Crippen LogP contribution >= 0.6 is 0 Å². The van der Waals surface area contributed by atoms with Gasteiger partial charge < -0.3 is 15.5 Å². The van der Waals surface area contributed by atoms with Crippen LogP contribution < -0.4 is 10.6 Å². The normalized spacial score (nSPS) is 18.0. The molecule has 2 aliphatic rings. The Morgan fingerprint density at radius 2 is 1.71 bits per heavy atom. The minimum Gasteiger partial charge on any atom is -0.384 e. The van der Waals surface area contributed by atoms with E-state index >= 15 is 0 Å². The maximum Gasteiger partial charge on any atom is 0.416 e. The number of ketones is 1. The van der Waals surface area contributed by atoms with Crippen LogP contribution in [0.3, 0.4) is 0 Å². The summed E-state index contributed by atoms with van der Waals surface area (Å²) in [5, 5.41) is 5.95. The summed E-state index contributed by atoms with van der Waals surface area (Å²) in [6, 6.07) is 9.62. The second-order valence-electron chi connectivity index (χ2n) is 11.4. The number of aryl methyl sites for hydroxylation is 2. The quantitative estimate of drug-likeness (QED) is 0.341. The number of likely N-dealkylation sites (N-methyl/N-ethyl adjacent to an activating group) is 1. The molecule has 226 valence electrons. The van der Waals surface area contributed by atoms with Gasteiger partial charge >= 0.3 is 6.18 Å². The molecule has 1 unspecified atom stereocenters. The second kappa shape index (κ2) is 14.2. The van der Waals surface area contributed by atoms with E-state index in [0.29, 0.717) is 31.5 Å². The van der Waals surface area contributed by atoms with Gasteiger partial charge in [-0.05, 0) is 79.8 Å². The molecule has 1 saturated heterocycles. The number of Topliss-reactive ketones (excluding diaryl/α,β-unsaturated/α-hetero) is 1. The van der Waals surface area contributed by atoms with Crippen molar-refractivity contribution in [3.8, 4) is 0 Å². The number of hydrogen-bond acceptors (Lipinski definition) is 5. The van der Waals surface area contributed by atoms with Crippen molar-refractivity contribution >= 4 is 17.4 Å². The Kier molecular flexibility index (Phi) is 10.6. The number of dihydropyridines is 1. The second-order valence-corrected chi connectivity index (χ2v) is 11.4. The van der Waals surface area contributed by atoms with Gasteiger partial charge in [-0.25, -0.2) is 0 Å². The highest BCUT2D eigenvalue weighted by molar-refractivity contribution is 6.04. The first kappa shape index (κ1) is 31.5. The number of halogens is 3. The molecule has 2 aromatic rings. The van der Waals surface area contributed by atoms with Crippen molar-refractivity contribution in [3.05, 3.63) is 88.1 Å². The van der Waals surface area contributed by atoms with E-state index in [1.807, 2.05) is 42.4 Å². The zero-order valence-electron chi connectivity index (χ0n) is 24.7. The largest absolute Gasteiger partial charge is 0.416 e. The summed E-state index contributed by atoms with van der Waals surface area (Å²) in [5.41, 5.74) is 3.33. The fraction of sp³-hybridized carbons (Fsp3) is 0.455. The van der Waals surface area contributed by atoms with Gasteiger partial charge in [0.25, 0.3) is 5.91 Å². The Balaban J connectivity index is 1.46. The molecule has 4 rings (SSSR count). The standard InChI is InChI=1S/C33H41F3N4O2/c1-4-5-25-9-10-27(19-26(25)8-6-24-7-12-29(37-21-24)18-23(2)41)32(42)38-30-13-11-28(31(20-30)33(34,35)36)22-40-16-14-39(3)15-17-40/h7,9-13,19-21,29,37H,4-6,8,14-18,22H2,1-3H3,(H,38,42). The third kappa shape index (κ3) is 8.79. The van der Waals surface area contributed by atoms with Crippen LogP contribution in [0.5, 0.6) is 0 Å². The summed E-state index contributed by atoms with van der Waals surface area (Å²) >= 11 is 0. The van der Waals surface area contributed by atoms with Gasteiger partial charge in [-0.1, -0.05) is 37.6 Å². The van der Waals surface area contributed by atoms with Crippen LogP contribution in [0.4, 0.5) is 18.9 Å². The first-order valence-electron chi connectivity index (χ1n) is 14.7. The number of anilines is 1. The molecule has 2 aromatic carbocycles. The zero-order chi connectivity index (χ0) is 30.3. The van der Waals surface area contributed by atoms with Gasteiger partial charge in [-0.15, -0.1) is 0 Å². The maximum atomic E-state index is 14.0. The molecular formula is C33H41F3N4O2. The molecule has 2 heterocycles. The summed E-state index contributed by atoms with van der Waals surface area (Å²) in [5.74, 6) is -0.311. The number of allylic oxidation sites excluding steroid dienone is 2. The van der Waals surface area contributed by atoms with Crippen molar-refractivity contribution in [1.29, 1.82) is 0 Å². The minimum absolute atomic E-state index is 0.00707. The molecule has 0 aromatic heterocycles. The van der Waals surface area contributed by atoms with Gasteiger partial charge in [0.15, 0.2) is 0 Å². The fourth-order valence-electron chi connectivity index (χ4n) is 5.45. The van der Waals surface area contributed by atoms with E-state index in [1.165, 1.54) is 6.07 Å². The fourth-order valence-corrected chi connectivity index (χ4v) is 5.45. The molecule has 6 nitrogen and oxygen atoms in total.